The van der Waals surface area contributed by atoms with Crippen LogP contribution in [0.15, 0.2) is 17.1 Å². The molecule has 0 bridgehead atoms. The summed E-state index contributed by atoms with van der Waals surface area (Å²) in [5, 5.41) is 6.39. The molecule has 0 aliphatic rings. The van der Waals surface area contributed by atoms with Crippen molar-refractivity contribution in [3.63, 3.8) is 0 Å². The maximum atomic E-state index is 11.4. The van der Waals surface area contributed by atoms with E-state index in [4.69, 9.17) is 18.9 Å². The molecule has 1 aromatic carbocycles. The van der Waals surface area contributed by atoms with Crippen LogP contribution >= 0.6 is 24.0 Å². The molecule has 1 rings (SSSR count). The first-order valence-electron chi connectivity index (χ1n) is 9.06. The molecule has 8 nitrogen and oxygen atoms in total. The predicted octanol–water partition coefficient (Wildman–Crippen LogP) is 2.73. The number of nitrogens with one attached hydrogen (secondary N) is 2. The molecular formula is C19H32IN3O5. The van der Waals surface area contributed by atoms with Crippen molar-refractivity contribution >= 4 is 35.9 Å². The highest BCUT2D eigenvalue weighted by Crippen LogP contribution is 2.38. The minimum atomic E-state index is -0.182. The van der Waals surface area contributed by atoms with Crippen LogP contribution in [0.5, 0.6) is 17.2 Å². The highest BCUT2D eigenvalue weighted by molar-refractivity contribution is 14.0. The van der Waals surface area contributed by atoms with Gasteiger partial charge in [-0.25, -0.2) is 4.99 Å². The second-order valence-electron chi connectivity index (χ2n) is 5.56. The number of halogens is 1. The van der Waals surface area contributed by atoms with E-state index in [0.717, 1.165) is 12.1 Å². The molecule has 0 spiro atoms. The number of ether oxygens (including phenoxy) is 4. The lowest BCUT2D eigenvalue weighted by molar-refractivity contribution is -0.143. The van der Waals surface area contributed by atoms with Crippen LogP contribution in [0.25, 0.3) is 0 Å². The van der Waals surface area contributed by atoms with E-state index < -0.39 is 0 Å². The molecule has 28 heavy (non-hydrogen) atoms. The molecule has 0 amide bonds. The predicted molar refractivity (Wildman–Crippen MR) is 120 cm³/mol. The molecule has 2 N–H and O–H groups in total. The van der Waals surface area contributed by atoms with Crippen molar-refractivity contribution in [3.05, 3.63) is 17.7 Å². The average molecular weight is 509 g/mol. The van der Waals surface area contributed by atoms with Gasteiger partial charge >= 0.3 is 5.97 Å². The van der Waals surface area contributed by atoms with Gasteiger partial charge in [-0.1, -0.05) is 0 Å². The summed E-state index contributed by atoms with van der Waals surface area (Å²) < 4.78 is 21.0. The molecule has 0 saturated heterocycles. The molecule has 0 aromatic heterocycles. The lowest BCUT2D eigenvalue weighted by Crippen LogP contribution is -2.37. The molecule has 0 radical (unpaired) electrons. The third-order valence-corrected chi connectivity index (χ3v) is 3.64. The second kappa shape index (κ2) is 15.1. The van der Waals surface area contributed by atoms with Crippen molar-refractivity contribution in [1.82, 2.24) is 10.6 Å². The molecule has 160 valence electrons. The number of hydrogen-bond donors (Lipinski definition) is 2. The van der Waals surface area contributed by atoms with Crippen molar-refractivity contribution in [1.29, 1.82) is 0 Å². The third kappa shape index (κ3) is 8.85. The lowest BCUT2D eigenvalue weighted by Gasteiger charge is -2.14. The molecule has 0 aliphatic carbocycles. The SMILES string of the molecule is CCNC(=NCc1cc(OC)c(OC)c(OC)c1)NCCCC(=O)OCC.I. The van der Waals surface area contributed by atoms with Crippen molar-refractivity contribution in [2.45, 2.75) is 33.2 Å². The number of methoxy groups -OCH3 is 3. The van der Waals surface area contributed by atoms with Crippen molar-refractivity contribution in [3.8, 4) is 17.2 Å². The van der Waals surface area contributed by atoms with Gasteiger partial charge in [0.05, 0.1) is 34.5 Å². The van der Waals surface area contributed by atoms with Crippen molar-refractivity contribution in [2.75, 3.05) is 41.0 Å². The Balaban J connectivity index is 0.00000729. The van der Waals surface area contributed by atoms with Gasteiger partial charge in [0.1, 0.15) is 0 Å². The number of nitrogens with zero attached hydrogens (tertiary/aromatic N) is 1. The largest absolute Gasteiger partial charge is 0.493 e. The zero-order valence-electron chi connectivity index (χ0n) is 17.3. The second-order valence-corrected chi connectivity index (χ2v) is 5.56. The first-order valence-corrected chi connectivity index (χ1v) is 9.06. The third-order valence-electron chi connectivity index (χ3n) is 3.64. The van der Waals surface area contributed by atoms with Crippen LogP contribution in [-0.2, 0) is 16.1 Å². The maximum Gasteiger partial charge on any atom is 0.305 e. The van der Waals surface area contributed by atoms with E-state index in [1.807, 2.05) is 19.1 Å². The van der Waals surface area contributed by atoms with Gasteiger partial charge in [-0.15, -0.1) is 24.0 Å². The summed E-state index contributed by atoms with van der Waals surface area (Å²) in [6.07, 6.45) is 1.06. The van der Waals surface area contributed by atoms with E-state index in [1.165, 1.54) is 0 Å². The number of rotatable bonds is 11. The fourth-order valence-electron chi connectivity index (χ4n) is 2.41. The van der Waals surface area contributed by atoms with Gasteiger partial charge in [0.2, 0.25) is 5.75 Å². The summed E-state index contributed by atoms with van der Waals surface area (Å²) in [6.45, 7) is 6.00. The van der Waals surface area contributed by atoms with E-state index in [1.54, 1.807) is 28.3 Å². The smallest absolute Gasteiger partial charge is 0.305 e. The standard InChI is InChI=1S/C19H31N3O5.HI/c1-6-20-19(21-10-8-9-17(23)27-7-2)22-13-14-11-15(24-3)18(26-5)16(12-14)25-4;/h11-12H,6-10,13H2,1-5H3,(H2,20,21,22);1H. The van der Waals surface area contributed by atoms with Crippen LogP contribution < -0.4 is 24.8 Å². The van der Waals surface area contributed by atoms with Gasteiger partial charge in [0, 0.05) is 19.5 Å². The Kier molecular flexibility index (Phi) is 14.0. The lowest BCUT2D eigenvalue weighted by atomic mass is 10.2. The molecule has 0 atom stereocenters. The highest BCUT2D eigenvalue weighted by Gasteiger charge is 2.13. The monoisotopic (exact) mass is 509 g/mol. The van der Waals surface area contributed by atoms with Gasteiger partial charge in [0.25, 0.3) is 0 Å². The number of benzene rings is 1. The molecular weight excluding hydrogens is 477 g/mol. The van der Waals surface area contributed by atoms with Gasteiger partial charge < -0.3 is 29.6 Å². The summed E-state index contributed by atoms with van der Waals surface area (Å²) in [4.78, 5) is 15.9. The highest BCUT2D eigenvalue weighted by atomic mass is 127. The summed E-state index contributed by atoms with van der Waals surface area (Å²) in [6, 6.07) is 3.74. The molecule has 0 fully saturated rings. The number of guanidine groups is 1. The molecule has 0 unspecified atom stereocenters. The van der Waals surface area contributed by atoms with E-state index in [9.17, 15) is 4.79 Å². The molecule has 1 aromatic rings. The minimum Gasteiger partial charge on any atom is -0.493 e. The van der Waals surface area contributed by atoms with Gasteiger partial charge in [-0.3, -0.25) is 4.79 Å². The Bertz CT molecular complexity index is 601. The van der Waals surface area contributed by atoms with Gasteiger partial charge in [-0.05, 0) is 38.0 Å². The minimum absolute atomic E-state index is 0. The Morgan fingerprint density at radius 1 is 1.04 bits per heavy atom. The fourth-order valence-corrected chi connectivity index (χ4v) is 2.41. The maximum absolute atomic E-state index is 11.4. The quantitative estimate of drug-likeness (QED) is 0.156. The summed E-state index contributed by atoms with van der Waals surface area (Å²) in [5.74, 6) is 2.23. The zero-order valence-corrected chi connectivity index (χ0v) is 19.6. The Morgan fingerprint density at radius 3 is 2.18 bits per heavy atom. The number of carbonyl (C=O) groups excluding carboxylic acids is 1. The molecule has 9 heteroatoms. The Morgan fingerprint density at radius 2 is 1.68 bits per heavy atom. The number of carbonyl (C=O) groups is 1. The molecule has 0 heterocycles. The zero-order chi connectivity index (χ0) is 20.1. The fraction of sp³-hybridized carbons (Fsp3) is 0.579. The van der Waals surface area contributed by atoms with Crippen LogP contribution in [0.1, 0.15) is 32.3 Å². The van der Waals surface area contributed by atoms with E-state index in [0.29, 0.717) is 55.7 Å². The molecule has 0 saturated carbocycles. The van der Waals surface area contributed by atoms with E-state index in [2.05, 4.69) is 15.6 Å². The van der Waals surface area contributed by atoms with E-state index in [-0.39, 0.29) is 29.9 Å². The summed E-state index contributed by atoms with van der Waals surface area (Å²) in [5.41, 5.74) is 0.924. The normalized spacial score (nSPS) is 10.5. The van der Waals surface area contributed by atoms with Crippen LogP contribution in [0, 0.1) is 0 Å². The van der Waals surface area contributed by atoms with Gasteiger partial charge in [0.15, 0.2) is 17.5 Å². The number of hydrogen-bond acceptors (Lipinski definition) is 6. The Labute approximate surface area is 184 Å². The molecule has 0 aliphatic heterocycles. The average Bonchev–Trinajstić information content (AvgIpc) is 2.68. The van der Waals surface area contributed by atoms with Crippen LogP contribution in [0.4, 0.5) is 0 Å². The topological polar surface area (TPSA) is 90.4 Å². The number of esters is 1. The first kappa shape index (κ1) is 26.1. The number of aliphatic imine (C=N–C) groups is 1. The van der Waals surface area contributed by atoms with Crippen molar-refractivity contribution < 1.29 is 23.7 Å². The van der Waals surface area contributed by atoms with E-state index >= 15 is 0 Å². The summed E-state index contributed by atoms with van der Waals surface area (Å²) >= 11 is 0. The van der Waals surface area contributed by atoms with Crippen molar-refractivity contribution in [2.24, 2.45) is 4.99 Å². The van der Waals surface area contributed by atoms with Gasteiger partial charge in [-0.2, -0.15) is 0 Å². The van der Waals surface area contributed by atoms with Crippen LogP contribution in [-0.4, -0.2) is 53.0 Å². The first-order chi connectivity index (χ1) is 13.1. The van der Waals surface area contributed by atoms with Crippen LogP contribution in [0.2, 0.25) is 0 Å². The van der Waals surface area contributed by atoms with Crippen LogP contribution in [0.3, 0.4) is 0 Å². The Hall–Kier alpha value is -1.91. The summed E-state index contributed by atoms with van der Waals surface area (Å²) in [7, 11) is 4.74.